The topological polar surface area (TPSA) is 32.3 Å². The van der Waals surface area contributed by atoms with E-state index in [1.807, 2.05) is 6.92 Å². The number of hydrogen-bond acceptors (Lipinski definition) is 2. The molecule has 0 aromatic carbocycles. The van der Waals surface area contributed by atoms with Crippen molar-refractivity contribution >= 4 is 0 Å². The second-order valence-electron chi connectivity index (χ2n) is 6.43. The van der Waals surface area contributed by atoms with Crippen molar-refractivity contribution in [3.05, 3.63) is 0 Å². The van der Waals surface area contributed by atoms with Gasteiger partial charge in [0.05, 0.1) is 6.10 Å². The third-order valence-electron chi connectivity index (χ3n) is 4.94. The van der Waals surface area contributed by atoms with Crippen LogP contribution in [-0.4, -0.2) is 23.8 Å². The minimum atomic E-state index is -0.134. The first-order chi connectivity index (χ1) is 8.20. The summed E-state index contributed by atoms with van der Waals surface area (Å²) in [5.41, 5.74) is 0.762. The van der Waals surface area contributed by atoms with Gasteiger partial charge in [-0.3, -0.25) is 0 Å². The first kappa shape index (κ1) is 13.4. The van der Waals surface area contributed by atoms with Crippen LogP contribution in [0.1, 0.15) is 71.1 Å². The van der Waals surface area contributed by atoms with Crippen LogP contribution in [0.15, 0.2) is 0 Å². The Morgan fingerprint density at radius 1 is 1.18 bits per heavy atom. The monoisotopic (exact) mass is 239 g/mol. The maximum atomic E-state index is 9.20. The molecule has 1 unspecified atom stereocenters. The van der Waals surface area contributed by atoms with E-state index in [2.05, 4.69) is 5.32 Å². The molecule has 2 heteroatoms. The molecule has 2 nitrogen and oxygen atoms in total. The first-order valence-corrected chi connectivity index (χ1v) is 7.62. The highest BCUT2D eigenvalue weighted by Gasteiger charge is 2.37. The van der Waals surface area contributed by atoms with Gasteiger partial charge in [0.15, 0.2) is 0 Å². The van der Waals surface area contributed by atoms with Gasteiger partial charge in [0, 0.05) is 6.04 Å². The summed E-state index contributed by atoms with van der Waals surface area (Å²) < 4.78 is 0. The van der Waals surface area contributed by atoms with Gasteiger partial charge in [-0.25, -0.2) is 0 Å². The standard InChI is InChI=1S/C15H29NO/c1-13(17)5-4-12-16-14-6-10-15(11-7-14)8-2-3-9-15/h13-14,16-17H,2-12H2,1H3. The molecule has 100 valence electrons. The fourth-order valence-electron chi connectivity index (χ4n) is 3.76. The number of aliphatic hydroxyl groups is 1. The van der Waals surface area contributed by atoms with Gasteiger partial charge in [-0.05, 0) is 70.3 Å². The fraction of sp³-hybridized carbons (Fsp3) is 1.00. The molecule has 0 saturated heterocycles. The molecule has 0 aromatic heterocycles. The number of hydrogen-bond donors (Lipinski definition) is 2. The van der Waals surface area contributed by atoms with Gasteiger partial charge >= 0.3 is 0 Å². The molecule has 17 heavy (non-hydrogen) atoms. The van der Waals surface area contributed by atoms with Crippen LogP contribution < -0.4 is 5.32 Å². The molecule has 0 radical (unpaired) electrons. The Labute approximate surface area is 106 Å². The van der Waals surface area contributed by atoms with Gasteiger partial charge < -0.3 is 10.4 Å². The van der Waals surface area contributed by atoms with E-state index < -0.39 is 0 Å². The van der Waals surface area contributed by atoms with Crippen molar-refractivity contribution in [2.75, 3.05) is 6.54 Å². The quantitative estimate of drug-likeness (QED) is 0.722. The molecule has 0 aromatic rings. The van der Waals surface area contributed by atoms with Crippen LogP contribution in [0.5, 0.6) is 0 Å². The maximum absolute atomic E-state index is 9.20. The van der Waals surface area contributed by atoms with E-state index in [4.69, 9.17) is 0 Å². The normalized spacial score (nSPS) is 26.5. The molecule has 2 aliphatic rings. The minimum Gasteiger partial charge on any atom is -0.393 e. The van der Waals surface area contributed by atoms with Gasteiger partial charge in [-0.1, -0.05) is 12.8 Å². The van der Waals surface area contributed by atoms with Crippen LogP contribution in [0.4, 0.5) is 0 Å². The number of rotatable bonds is 5. The van der Waals surface area contributed by atoms with Gasteiger partial charge in [0.25, 0.3) is 0 Å². The molecule has 2 N–H and O–H groups in total. The summed E-state index contributed by atoms with van der Waals surface area (Å²) in [4.78, 5) is 0. The average Bonchev–Trinajstić information content (AvgIpc) is 2.75. The lowest BCUT2D eigenvalue weighted by Crippen LogP contribution is -2.37. The first-order valence-electron chi connectivity index (χ1n) is 7.62. The van der Waals surface area contributed by atoms with Crippen molar-refractivity contribution in [3.63, 3.8) is 0 Å². The van der Waals surface area contributed by atoms with E-state index in [0.29, 0.717) is 0 Å². The zero-order valence-electron chi connectivity index (χ0n) is 11.4. The Kier molecular flexibility index (Phi) is 4.87. The Hall–Kier alpha value is -0.0800. The molecular formula is C15H29NO. The molecule has 2 saturated carbocycles. The van der Waals surface area contributed by atoms with E-state index in [0.717, 1.165) is 30.8 Å². The highest BCUT2D eigenvalue weighted by atomic mass is 16.3. The van der Waals surface area contributed by atoms with Crippen molar-refractivity contribution in [3.8, 4) is 0 Å². The van der Waals surface area contributed by atoms with E-state index in [-0.39, 0.29) is 6.10 Å². The fourth-order valence-corrected chi connectivity index (χ4v) is 3.76. The largest absolute Gasteiger partial charge is 0.393 e. The lowest BCUT2D eigenvalue weighted by atomic mass is 9.71. The number of nitrogens with one attached hydrogen (secondary N) is 1. The van der Waals surface area contributed by atoms with Gasteiger partial charge in [0.2, 0.25) is 0 Å². The summed E-state index contributed by atoms with van der Waals surface area (Å²) in [6.45, 7) is 2.97. The molecule has 0 heterocycles. The Morgan fingerprint density at radius 3 is 2.41 bits per heavy atom. The summed E-state index contributed by atoms with van der Waals surface area (Å²) in [7, 11) is 0. The molecule has 2 rings (SSSR count). The Bertz CT molecular complexity index is 211. The van der Waals surface area contributed by atoms with Crippen molar-refractivity contribution in [2.45, 2.75) is 83.3 Å². The van der Waals surface area contributed by atoms with Crippen molar-refractivity contribution < 1.29 is 5.11 Å². The Balaban J connectivity index is 1.59. The lowest BCUT2D eigenvalue weighted by Gasteiger charge is -2.37. The predicted molar refractivity (Wildman–Crippen MR) is 72.1 cm³/mol. The van der Waals surface area contributed by atoms with Gasteiger partial charge in [-0.2, -0.15) is 0 Å². The molecule has 0 bridgehead atoms. The second kappa shape index (κ2) is 6.19. The van der Waals surface area contributed by atoms with Crippen LogP contribution in [-0.2, 0) is 0 Å². The molecule has 2 fully saturated rings. The summed E-state index contributed by atoms with van der Waals surface area (Å²) in [5, 5.41) is 12.9. The number of aliphatic hydroxyl groups excluding tert-OH is 1. The van der Waals surface area contributed by atoms with Crippen LogP contribution in [0, 0.1) is 5.41 Å². The van der Waals surface area contributed by atoms with E-state index in [1.54, 1.807) is 0 Å². The zero-order chi connectivity index (χ0) is 12.1. The van der Waals surface area contributed by atoms with Gasteiger partial charge in [0.1, 0.15) is 0 Å². The maximum Gasteiger partial charge on any atom is 0.0512 e. The van der Waals surface area contributed by atoms with Gasteiger partial charge in [-0.15, -0.1) is 0 Å². The minimum absolute atomic E-state index is 0.134. The van der Waals surface area contributed by atoms with E-state index in [9.17, 15) is 5.11 Å². The predicted octanol–water partition coefficient (Wildman–Crippen LogP) is 3.24. The zero-order valence-corrected chi connectivity index (χ0v) is 11.4. The van der Waals surface area contributed by atoms with Crippen molar-refractivity contribution in [1.29, 1.82) is 0 Å². The third kappa shape index (κ3) is 3.96. The molecule has 0 aliphatic heterocycles. The molecular weight excluding hydrogens is 210 g/mol. The molecule has 1 spiro atoms. The van der Waals surface area contributed by atoms with Crippen LogP contribution >= 0.6 is 0 Å². The van der Waals surface area contributed by atoms with E-state index >= 15 is 0 Å². The second-order valence-corrected chi connectivity index (χ2v) is 6.43. The summed E-state index contributed by atoms with van der Waals surface area (Å²) in [6.07, 6.45) is 13.6. The van der Waals surface area contributed by atoms with Crippen molar-refractivity contribution in [2.24, 2.45) is 5.41 Å². The SMILES string of the molecule is CC(O)CCCNC1CCC2(CCCC2)CC1. The highest BCUT2D eigenvalue weighted by molar-refractivity contribution is 4.91. The molecule has 0 amide bonds. The summed E-state index contributed by atoms with van der Waals surface area (Å²) in [5.74, 6) is 0. The molecule has 1 atom stereocenters. The summed E-state index contributed by atoms with van der Waals surface area (Å²) in [6, 6.07) is 0.759. The molecule has 2 aliphatic carbocycles. The Morgan fingerprint density at radius 2 is 1.82 bits per heavy atom. The third-order valence-corrected chi connectivity index (χ3v) is 4.94. The lowest BCUT2D eigenvalue weighted by molar-refractivity contribution is 0.163. The highest BCUT2D eigenvalue weighted by Crippen LogP contribution is 2.48. The van der Waals surface area contributed by atoms with Crippen LogP contribution in [0.25, 0.3) is 0 Å². The van der Waals surface area contributed by atoms with Crippen molar-refractivity contribution in [1.82, 2.24) is 5.32 Å². The average molecular weight is 239 g/mol. The summed E-state index contributed by atoms with van der Waals surface area (Å²) >= 11 is 0. The van der Waals surface area contributed by atoms with E-state index in [1.165, 1.54) is 51.4 Å². The van der Waals surface area contributed by atoms with Crippen LogP contribution in [0.2, 0.25) is 0 Å². The smallest absolute Gasteiger partial charge is 0.0512 e. The van der Waals surface area contributed by atoms with Crippen LogP contribution in [0.3, 0.4) is 0 Å².